The molecule has 0 atom stereocenters. The van der Waals surface area contributed by atoms with Crippen LogP contribution in [0.2, 0.25) is 10.0 Å². The highest BCUT2D eigenvalue weighted by Crippen LogP contribution is 2.36. The molecule has 0 aliphatic heterocycles. The fourth-order valence-corrected chi connectivity index (χ4v) is 3.75. The molecule has 0 aliphatic carbocycles. The van der Waals surface area contributed by atoms with E-state index in [1.807, 2.05) is 13.8 Å². The third kappa shape index (κ3) is 4.62. The van der Waals surface area contributed by atoms with E-state index in [1.54, 1.807) is 18.2 Å². The number of aromatic nitrogens is 4. The van der Waals surface area contributed by atoms with Crippen LogP contribution in [0.3, 0.4) is 0 Å². The molecule has 4 N–H and O–H groups in total. The van der Waals surface area contributed by atoms with Gasteiger partial charge in [-0.15, -0.1) is 0 Å². The van der Waals surface area contributed by atoms with Gasteiger partial charge in [0.15, 0.2) is 17.0 Å². The number of fused-ring (bicyclic) bond motifs is 1. The Kier molecular flexibility index (Phi) is 5.98. The summed E-state index contributed by atoms with van der Waals surface area (Å²) in [6.07, 6.45) is -4.43. The van der Waals surface area contributed by atoms with Gasteiger partial charge >= 0.3 is 6.18 Å². The van der Waals surface area contributed by atoms with Gasteiger partial charge in [-0.25, -0.2) is 4.98 Å². The Morgan fingerprint density at radius 3 is 2.18 bits per heavy atom. The predicted molar refractivity (Wildman–Crippen MR) is 125 cm³/mol. The lowest BCUT2D eigenvalue weighted by Crippen LogP contribution is -2.14. The van der Waals surface area contributed by atoms with Crippen molar-refractivity contribution in [1.82, 2.24) is 19.5 Å². The number of nitrogens with two attached hydrogens (primary N) is 1. The van der Waals surface area contributed by atoms with E-state index >= 15 is 0 Å². The molecule has 172 valence electrons. The van der Waals surface area contributed by atoms with Gasteiger partial charge in [0.2, 0.25) is 11.9 Å². The monoisotopic (exact) mass is 495 g/mol. The number of alkyl halides is 3. The number of para-hydroxylation sites is 1. The van der Waals surface area contributed by atoms with Crippen LogP contribution in [0.25, 0.3) is 16.9 Å². The molecule has 4 rings (SSSR count). The van der Waals surface area contributed by atoms with E-state index < -0.39 is 11.7 Å². The number of nitrogens with zero attached hydrogens (tertiary/aromatic N) is 4. The number of hydrogen-bond acceptors (Lipinski definition) is 6. The van der Waals surface area contributed by atoms with Gasteiger partial charge in [-0.3, -0.25) is 4.57 Å². The lowest BCUT2D eigenvalue weighted by atomic mass is 10.2. The molecule has 12 heteroatoms. The third-order valence-electron chi connectivity index (χ3n) is 4.59. The molecule has 2 heterocycles. The number of rotatable bonds is 5. The fourth-order valence-electron chi connectivity index (χ4n) is 3.19. The normalized spacial score (nSPS) is 11.9. The zero-order valence-corrected chi connectivity index (χ0v) is 18.9. The van der Waals surface area contributed by atoms with Crippen molar-refractivity contribution in [3.8, 4) is 5.69 Å². The first-order valence-electron chi connectivity index (χ1n) is 9.75. The molecular formula is C21H18Cl2F3N7. The highest BCUT2D eigenvalue weighted by atomic mass is 35.5. The summed E-state index contributed by atoms with van der Waals surface area (Å²) in [7, 11) is 0. The van der Waals surface area contributed by atoms with E-state index in [4.69, 9.17) is 28.9 Å². The van der Waals surface area contributed by atoms with Gasteiger partial charge in [0.05, 0.1) is 21.3 Å². The van der Waals surface area contributed by atoms with Crippen molar-refractivity contribution in [3.63, 3.8) is 0 Å². The Balaban J connectivity index is 1.88. The minimum atomic E-state index is -4.43. The number of benzene rings is 2. The average molecular weight is 496 g/mol. The van der Waals surface area contributed by atoms with Gasteiger partial charge in [0, 0.05) is 11.7 Å². The lowest BCUT2D eigenvalue weighted by molar-refractivity contribution is -0.137. The van der Waals surface area contributed by atoms with E-state index in [9.17, 15) is 13.2 Å². The van der Waals surface area contributed by atoms with E-state index in [2.05, 4.69) is 25.6 Å². The Bertz CT molecular complexity index is 1300. The summed E-state index contributed by atoms with van der Waals surface area (Å²) in [6, 6.07) is 9.57. The largest absolute Gasteiger partial charge is 0.416 e. The molecule has 0 saturated carbocycles. The van der Waals surface area contributed by atoms with Crippen LogP contribution in [0.1, 0.15) is 19.4 Å². The van der Waals surface area contributed by atoms with Crippen LogP contribution in [-0.4, -0.2) is 25.6 Å². The number of imidazole rings is 1. The molecule has 0 unspecified atom stereocenters. The number of nitrogens with one attached hydrogen (secondary N) is 2. The van der Waals surface area contributed by atoms with Crippen LogP contribution in [0.15, 0.2) is 42.5 Å². The molecule has 0 fully saturated rings. The molecule has 4 aromatic rings. The van der Waals surface area contributed by atoms with E-state index in [1.165, 1.54) is 16.7 Å². The van der Waals surface area contributed by atoms with Crippen LogP contribution in [0.5, 0.6) is 0 Å². The van der Waals surface area contributed by atoms with Crippen molar-refractivity contribution >= 4 is 57.8 Å². The number of hydrogen-bond donors (Lipinski definition) is 3. The maximum atomic E-state index is 12.9. The zero-order valence-electron chi connectivity index (χ0n) is 17.4. The fraction of sp³-hybridized carbons (Fsp3) is 0.190. The highest BCUT2D eigenvalue weighted by molar-refractivity contribution is 6.38. The molecule has 0 saturated heterocycles. The van der Waals surface area contributed by atoms with Crippen molar-refractivity contribution in [2.24, 2.45) is 0 Å². The SMILES string of the molecule is CC(C)Nc1nc(Nc2ccc(C(F)(F)F)cc2)c2nc(N)n(-c3c(Cl)cccc3Cl)c2n1. The first-order chi connectivity index (χ1) is 15.5. The molecule has 2 aromatic heterocycles. The van der Waals surface area contributed by atoms with Crippen molar-refractivity contribution < 1.29 is 13.2 Å². The average Bonchev–Trinajstić information content (AvgIpc) is 3.03. The van der Waals surface area contributed by atoms with Crippen LogP contribution in [0, 0.1) is 0 Å². The van der Waals surface area contributed by atoms with Gasteiger partial charge in [-0.05, 0) is 50.2 Å². The lowest BCUT2D eigenvalue weighted by Gasteiger charge is -2.14. The van der Waals surface area contributed by atoms with Gasteiger partial charge < -0.3 is 16.4 Å². The van der Waals surface area contributed by atoms with Gasteiger partial charge in [0.25, 0.3) is 0 Å². The topological polar surface area (TPSA) is 93.7 Å². The maximum absolute atomic E-state index is 12.9. The molecule has 0 spiro atoms. The number of halogens is 5. The minimum absolute atomic E-state index is 0.000936. The Morgan fingerprint density at radius 1 is 0.970 bits per heavy atom. The quantitative estimate of drug-likeness (QED) is 0.301. The molecule has 0 amide bonds. The second kappa shape index (κ2) is 8.60. The smallest absolute Gasteiger partial charge is 0.369 e. The Hall–Kier alpha value is -3.24. The summed E-state index contributed by atoms with van der Waals surface area (Å²) in [4.78, 5) is 13.4. The molecular weight excluding hydrogens is 478 g/mol. The van der Waals surface area contributed by atoms with Gasteiger partial charge in [-0.2, -0.15) is 23.1 Å². The number of anilines is 4. The Labute approximate surface area is 196 Å². The van der Waals surface area contributed by atoms with E-state index in [-0.39, 0.29) is 29.3 Å². The molecule has 7 nitrogen and oxygen atoms in total. The van der Waals surface area contributed by atoms with Crippen molar-refractivity contribution in [3.05, 3.63) is 58.1 Å². The van der Waals surface area contributed by atoms with Crippen molar-refractivity contribution in [1.29, 1.82) is 0 Å². The minimum Gasteiger partial charge on any atom is -0.369 e. The standard InChI is InChI=1S/C21H18Cl2F3N7/c1-10(2)28-20-31-17(29-12-8-6-11(7-9-12)21(24,25)26)15-18(32-20)33(19(27)30-15)16-13(22)4-3-5-14(16)23/h3-10H,1-2H3,(H2,27,30)(H2,28,29,31,32). The Morgan fingerprint density at radius 2 is 1.61 bits per heavy atom. The van der Waals surface area contributed by atoms with E-state index in [0.29, 0.717) is 27.1 Å². The molecule has 2 aromatic carbocycles. The third-order valence-corrected chi connectivity index (χ3v) is 5.20. The summed E-state index contributed by atoms with van der Waals surface area (Å²) in [5, 5.41) is 6.79. The van der Waals surface area contributed by atoms with Crippen LogP contribution < -0.4 is 16.4 Å². The summed E-state index contributed by atoms with van der Waals surface area (Å²) in [5.74, 6) is 0.569. The van der Waals surface area contributed by atoms with Crippen LogP contribution >= 0.6 is 23.2 Å². The molecule has 0 aliphatic rings. The number of nitrogen functional groups attached to an aromatic ring is 1. The zero-order chi connectivity index (χ0) is 23.9. The second-order valence-corrected chi connectivity index (χ2v) is 8.26. The molecule has 33 heavy (non-hydrogen) atoms. The second-order valence-electron chi connectivity index (χ2n) is 7.44. The molecule has 0 radical (unpaired) electrons. The first kappa shape index (κ1) is 22.9. The van der Waals surface area contributed by atoms with E-state index in [0.717, 1.165) is 12.1 Å². The first-order valence-corrected chi connectivity index (χ1v) is 10.5. The predicted octanol–water partition coefficient (Wildman–Crippen LogP) is 6.29. The van der Waals surface area contributed by atoms with Crippen LogP contribution in [0.4, 0.5) is 36.6 Å². The van der Waals surface area contributed by atoms with Gasteiger partial charge in [-0.1, -0.05) is 29.3 Å². The highest BCUT2D eigenvalue weighted by Gasteiger charge is 2.30. The molecule has 0 bridgehead atoms. The summed E-state index contributed by atoms with van der Waals surface area (Å²) >= 11 is 12.8. The van der Waals surface area contributed by atoms with Gasteiger partial charge in [0.1, 0.15) is 0 Å². The summed E-state index contributed by atoms with van der Waals surface area (Å²) in [5.41, 5.74) is 6.82. The van der Waals surface area contributed by atoms with Crippen molar-refractivity contribution in [2.45, 2.75) is 26.1 Å². The maximum Gasteiger partial charge on any atom is 0.416 e. The summed E-state index contributed by atoms with van der Waals surface area (Å²) < 4.78 is 40.2. The summed E-state index contributed by atoms with van der Waals surface area (Å²) in [6.45, 7) is 3.82. The van der Waals surface area contributed by atoms with Crippen molar-refractivity contribution in [2.75, 3.05) is 16.4 Å². The van der Waals surface area contributed by atoms with Crippen LogP contribution in [-0.2, 0) is 6.18 Å².